The summed E-state index contributed by atoms with van der Waals surface area (Å²) in [4.78, 5) is 14.3. The third kappa shape index (κ3) is 4.14. The quantitative estimate of drug-likeness (QED) is 0.909. The van der Waals surface area contributed by atoms with Crippen LogP contribution >= 0.6 is 24.2 Å². The van der Waals surface area contributed by atoms with Crippen LogP contribution in [-0.4, -0.2) is 58.3 Å². The maximum absolute atomic E-state index is 12.3. The Hall–Kier alpha value is -0.720. The highest BCUT2D eigenvalue weighted by Crippen LogP contribution is 2.23. The van der Waals surface area contributed by atoms with Crippen LogP contribution in [0.15, 0.2) is 12.3 Å². The Morgan fingerprint density at radius 2 is 2.24 bits per heavy atom. The smallest absolute Gasteiger partial charge is 0.244 e. The first-order valence-corrected chi connectivity index (χ1v) is 8.58. The lowest BCUT2D eigenvalue weighted by Gasteiger charge is -2.27. The molecule has 0 aliphatic carbocycles. The van der Waals surface area contributed by atoms with Crippen LogP contribution in [0, 0.1) is 0 Å². The van der Waals surface area contributed by atoms with Gasteiger partial charge in [-0.1, -0.05) is 0 Å². The topological polar surface area (TPSA) is 50.2 Å². The molecule has 0 radical (unpaired) electrons. The van der Waals surface area contributed by atoms with Crippen LogP contribution in [0.4, 0.5) is 0 Å². The van der Waals surface area contributed by atoms with Crippen LogP contribution in [0.1, 0.15) is 24.5 Å². The van der Waals surface area contributed by atoms with Crippen LogP contribution in [0.25, 0.3) is 0 Å². The number of piperidine rings is 1. The summed E-state index contributed by atoms with van der Waals surface area (Å²) >= 11 is 1.93. The molecule has 5 nitrogen and oxygen atoms in total. The van der Waals surface area contributed by atoms with Crippen molar-refractivity contribution >= 4 is 30.1 Å². The Morgan fingerprint density at radius 1 is 1.43 bits per heavy atom. The molecule has 2 aliphatic heterocycles. The molecule has 2 saturated heterocycles. The average molecular weight is 331 g/mol. The van der Waals surface area contributed by atoms with Crippen molar-refractivity contribution in [2.75, 3.05) is 37.7 Å². The highest BCUT2D eigenvalue weighted by molar-refractivity contribution is 7.99. The number of carbonyl (C=O) groups is 1. The van der Waals surface area contributed by atoms with E-state index < -0.39 is 0 Å². The lowest BCUT2D eigenvalue weighted by atomic mass is 9.96. The molecule has 0 bridgehead atoms. The van der Waals surface area contributed by atoms with E-state index in [0.717, 1.165) is 37.7 Å². The molecule has 1 aromatic heterocycles. The van der Waals surface area contributed by atoms with Crippen LogP contribution in [0.3, 0.4) is 0 Å². The molecule has 1 atom stereocenters. The highest BCUT2D eigenvalue weighted by Gasteiger charge is 2.22. The largest absolute Gasteiger partial charge is 0.339 e. The normalized spacial score (nSPS) is 22.7. The van der Waals surface area contributed by atoms with E-state index in [1.807, 2.05) is 27.5 Å². The number of carbonyl (C=O) groups excluding carboxylic acids is 1. The summed E-state index contributed by atoms with van der Waals surface area (Å²) in [6.07, 6.45) is 4.21. The van der Waals surface area contributed by atoms with Gasteiger partial charge in [-0.05, 0) is 25.5 Å². The summed E-state index contributed by atoms with van der Waals surface area (Å²) in [7, 11) is 0. The van der Waals surface area contributed by atoms with Crippen molar-refractivity contribution in [1.29, 1.82) is 0 Å². The summed E-state index contributed by atoms with van der Waals surface area (Å²) < 4.78 is 1.90. The molecule has 2 aliphatic rings. The van der Waals surface area contributed by atoms with Crippen molar-refractivity contribution in [3.05, 3.63) is 18.0 Å². The van der Waals surface area contributed by atoms with Crippen LogP contribution in [0.5, 0.6) is 0 Å². The molecular formula is C14H23ClN4OS. The number of aromatic nitrogens is 2. The molecule has 21 heavy (non-hydrogen) atoms. The maximum atomic E-state index is 12.3. The number of amides is 1. The molecule has 118 valence electrons. The van der Waals surface area contributed by atoms with Gasteiger partial charge in [0.2, 0.25) is 5.91 Å². The average Bonchev–Trinajstić information content (AvgIpc) is 2.97. The van der Waals surface area contributed by atoms with E-state index in [1.165, 1.54) is 18.5 Å². The number of thioether (sulfide) groups is 1. The van der Waals surface area contributed by atoms with E-state index in [1.54, 1.807) is 0 Å². The fourth-order valence-corrected chi connectivity index (χ4v) is 3.87. The molecule has 1 unspecified atom stereocenters. The van der Waals surface area contributed by atoms with Gasteiger partial charge in [-0.25, -0.2) is 0 Å². The molecular weight excluding hydrogens is 308 g/mol. The van der Waals surface area contributed by atoms with E-state index in [4.69, 9.17) is 0 Å². The van der Waals surface area contributed by atoms with Gasteiger partial charge in [0.05, 0.1) is 0 Å². The third-order valence-electron chi connectivity index (χ3n) is 4.11. The monoisotopic (exact) mass is 330 g/mol. The molecule has 1 amide bonds. The van der Waals surface area contributed by atoms with Gasteiger partial charge in [-0.15, -0.1) is 12.4 Å². The summed E-state index contributed by atoms with van der Waals surface area (Å²) in [5, 5.41) is 7.79. The number of nitrogens with zero attached hydrogens (tertiary/aromatic N) is 3. The van der Waals surface area contributed by atoms with Crippen molar-refractivity contribution in [2.45, 2.75) is 25.3 Å². The lowest BCUT2D eigenvalue weighted by Crippen LogP contribution is -2.40. The van der Waals surface area contributed by atoms with E-state index >= 15 is 0 Å². The minimum absolute atomic E-state index is 0. The highest BCUT2D eigenvalue weighted by atomic mass is 35.5. The fourth-order valence-electron chi connectivity index (χ4n) is 2.97. The van der Waals surface area contributed by atoms with Crippen molar-refractivity contribution in [3.8, 4) is 0 Å². The lowest BCUT2D eigenvalue weighted by molar-refractivity contribution is -0.131. The van der Waals surface area contributed by atoms with Crippen molar-refractivity contribution in [2.24, 2.45) is 0 Å². The molecule has 1 aromatic rings. The van der Waals surface area contributed by atoms with E-state index in [2.05, 4.69) is 16.5 Å². The first-order valence-electron chi connectivity index (χ1n) is 7.42. The Bertz CT molecular complexity index is 456. The van der Waals surface area contributed by atoms with Crippen molar-refractivity contribution in [3.63, 3.8) is 0 Å². The second kappa shape index (κ2) is 8.06. The number of halogens is 1. The molecule has 7 heteroatoms. The predicted molar refractivity (Wildman–Crippen MR) is 88.2 cm³/mol. The summed E-state index contributed by atoms with van der Waals surface area (Å²) in [5.74, 6) is 2.82. The van der Waals surface area contributed by atoms with Gasteiger partial charge >= 0.3 is 0 Å². The van der Waals surface area contributed by atoms with Crippen LogP contribution < -0.4 is 5.32 Å². The van der Waals surface area contributed by atoms with E-state index in [9.17, 15) is 4.79 Å². The molecule has 3 heterocycles. The molecule has 0 spiro atoms. The Morgan fingerprint density at radius 3 is 2.95 bits per heavy atom. The fraction of sp³-hybridized carbons (Fsp3) is 0.714. The molecule has 1 N–H and O–H groups in total. The second-order valence-corrected chi connectivity index (χ2v) is 6.67. The summed E-state index contributed by atoms with van der Waals surface area (Å²) in [6.45, 7) is 4.26. The SMILES string of the molecule is Cl.O=C(Cn1nccc1C1CCCNC1)N1CCSCC1. The van der Waals surface area contributed by atoms with Crippen LogP contribution in [-0.2, 0) is 11.3 Å². The number of rotatable bonds is 3. The van der Waals surface area contributed by atoms with Crippen molar-refractivity contribution in [1.82, 2.24) is 20.0 Å². The summed E-state index contributed by atoms with van der Waals surface area (Å²) in [5.41, 5.74) is 1.21. The second-order valence-electron chi connectivity index (χ2n) is 5.45. The number of hydrogen-bond acceptors (Lipinski definition) is 4. The van der Waals surface area contributed by atoms with Gasteiger partial charge in [-0.2, -0.15) is 16.9 Å². The zero-order chi connectivity index (χ0) is 13.8. The molecule has 3 rings (SSSR count). The minimum atomic E-state index is 0. The Balaban J connectivity index is 0.00000161. The van der Waals surface area contributed by atoms with Gasteiger partial charge in [0.15, 0.2) is 0 Å². The Kier molecular flexibility index (Phi) is 6.39. The molecule has 0 saturated carbocycles. The Labute approximate surface area is 136 Å². The zero-order valence-corrected chi connectivity index (χ0v) is 13.8. The van der Waals surface area contributed by atoms with Gasteiger partial charge in [-0.3, -0.25) is 9.48 Å². The van der Waals surface area contributed by atoms with Crippen LogP contribution in [0.2, 0.25) is 0 Å². The molecule has 2 fully saturated rings. The third-order valence-corrected chi connectivity index (χ3v) is 5.06. The van der Waals surface area contributed by atoms with Crippen molar-refractivity contribution < 1.29 is 4.79 Å². The van der Waals surface area contributed by atoms with Gasteiger partial charge in [0.25, 0.3) is 0 Å². The first-order chi connectivity index (χ1) is 9.84. The minimum Gasteiger partial charge on any atom is -0.339 e. The standard InChI is InChI=1S/C14H22N4OS.ClH/c19-14(17-6-8-20-9-7-17)11-18-13(3-5-16-18)12-2-1-4-15-10-12;/h3,5,12,15H,1-2,4,6-11H2;1H. The first kappa shape index (κ1) is 16.6. The number of nitrogens with one attached hydrogen (secondary N) is 1. The van der Waals surface area contributed by atoms with E-state index in [-0.39, 0.29) is 18.3 Å². The number of hydrogen-bond donors (Lipinski definition) is 1. The molecule has 0 aromatic carbocycles. The predicted octanol–water partition coefficient (Wildman–Crippen LogP) is 1.35. The summed E-state index contributed by atoms with van der Waals surface area (Å²) in [6, 6.07) is 2.07. The maximum Gasteiger partial charge on any atom is 0.244 e. The van der Waals surface area contributed by atoms with Gasteiger partial charge in [0, 0.05) is 48.9 Å². The van der Waals surface area contributed by atoms with Gasteiger partial charge in [0.1, 0.15) is 6.54 Å². The zero-order valence-electron chi connectivity index (χ0n) is 12.2. The van der Waals surface area contributed by atoms with E-state index in [0.29, 0.717) is 12.5 Å². The van der Waals surface area contributed by atoms with Gasteiger partial charge < -0.3 is 10.2 Å².